The molecule has 0 bridgehead atoms. The van der Waals surface area contributed by atoms with Gasteiger partial charge in [-0.3, -0.25) is 4.79 Å². The fourth-order valence-electron chi connectivity index (χ4n) is 1.51. The Bertz CT molecular complexity index is 393. The van der Waals surface area contributed by atoms with Gasteiger partial charge >= 0.3 is 6.18 Å². The van der Waals surface area contributed by atoms with E-state index in [0.29, 0.717) is 13.0 Å². The SMILES string of the molecule is CN(CCc1ccccc1)C(=O)CNCC(F)(F)F. The first kappa shape index (κ1) is 15.5. The van der Waals surface area contributed by atoms with E-state index in [2.05, 4.69) is 5.32 Å². The van der Waals surface area contributed by atoms with Gasteiger partial charge in [-0.15, -0.1) is 0 Å². The second kappa shape index (κ2) is 7.13. The summed E-state index contributed by atoms with van der Waals surface area (Å²) in [5.41, 5.74) is 1.09. The zero-order valence-corrected chi connectivity index (χ0v) is 10.7. The fraction of sp³-hybridized carbons (Fsp3) is 0.462. The van der Waals surface area contributed by atoms with Crippen molar-refractivity contribution in [1.29, 1.82) is 0 Å². The van der Waals surface area contributed by atoms with E-state index >= 15 is 0 Å². The Balaban J connectivity index is 2.25. The van der Waals surface area contributed by atoms with Gasteiger partial charge in [0, 0.05) is 13.6 Å². The van der Waals surface area contributed by atoms with Crippen molar-refractivity contribution in [2.75, 3.05) is 26.7 Å². The van der Waals surface area contributed by atoms with Crippen LogP contribution in [0.1, 0.15) is 5.56 Å². The lowest BCUT2D eigenvalue weighted by molar-refractivity contribution is -0.133. The van der Waals surface area contributed by atoms with Crippen LogP contribution in [0.4, 0.5) is 13.2 Å². The predicted molar refractivity (Wildman–Crippen MR) is 66.7 cm³/mol. The van der Waals surface area contributed by atoms with Crippen LogP contribution in [-0.2, 0) is 11.2 Å². The number of likely N-dealkylation sites (N-methyl/N-ethyl adjacent to an activating group) is 1. The third-order valence-corrected chi connectivity index (χ3v) is 2.61. The highest BCUT2D eigenvalue weighted by atomic mass is 19.4. The monoisotopic (exact) mass is 274 g/mol. The van der Waals surface area contributed by atoms with Gasteiger partial charge in [0.2, 0.25) is 5.91 Å². The second-order valence-electron chi connectivity index (χ2n) is 4.27. The van der Waals surface area contributed by atoms with Crippen LogP contribution in [0.3, 0.4) is 0 Å². The smallest absolute Gasteiger partial charge is 0.344 e. The molecular formula is C13H17F3N2O. The Kier molecular flexibility index (Phi) is 5.82. The maximum absolute atomic E-state index is 11.9. The van der Waals surface area contributed by atoms with Crippen molar-refractivity contribution in [2.45, 2.75) is 12.6 Å². The molecule has 0 aliphatic heterocycles. The number of amides is 1. The maximum Gasteiger partial charge on any atom is 0.401 e. The van der Waals surface area contributed by atoms with Gasteiger partial charge in [-0.05, 0) is 12.0 Å². The van der Waals surface area contributed by atoms with Crippen molar-refractivity contribution < 1.29 is 18.0 Å². The number of halogens is 3. The van der Waals surface area contributed by atoms with Gasteiger partial charge in [0.05, 0.1) is 13.1 Å². The number of hydrogen-bond acceptors (Lipinski definition) is 2. The molecule has 106 valence electrons. The summed E-state index contributed by atoms with van der Waals surface area (Å²) in [6.07, 6.45) is -3.61. The number of hydrogen-bond donors (Lipinski definition) is 1. The zero-order valence-electron chi connectivity index (χ0n) is 10.7. The summed E-state index contributed by atoms with van der Waals surface area (Å²) in [6.45, 7) is -0.966. The first-order valence-corrected chi connectivity index (χ1v) is 5.94. The number of nitrogens with one attached hydrogen (secondary N) is 1. The number of nitrogens with zero attached hydrogens (tertiary/aromatic N) is 1. The van der Waals surface area contributed by atoms with E-state index in [1.165, 1.54) is 4.90 Å². The Morgan fingerprint density at radius 3 is 2.47 bits per heavy atom. The molecule has 0 radical (unpaired) electrons. The zero-order chi connectivity index (χ0) is 14.3. The largest absolute Gasteiger partial charge is 0.401 e. The number of carbonyl (C=O) groups excluding carboxylic acids is 1. The molecule has 1 rings (SSSR count). The van der Waals surface area contributed by atoms with Crippen molar-refractivity contribution in [1.82, 2.24) is 10.2 Å². The molecule has 0 fully saturated rings. The van der Waals surface area contributed by atoms with Crippen molar-refractivity contribution in [3.8, 4) is 0 Å². The molecule has 0 saturated heterocycles. The molecule has 1 aromatic rings. The van der Waals surface area contributed by atoms with Gasteiger partial charge in [-0.2, -0.15) is 13.2 Å². The van der Waals surface area contributed by atoms with Gasteiger partial charge in [0.25, 0.3) is 0 Å². The summed E-state index contributed by atoms with van der Waals surface area (Å²) in [6, 6.07) is 9.60. The minimum atomic E-state index is -4.29. The summed E-state index contributed by atoms with van der Waals surface area (Å²) in [5, 5.41) is 2.09. The molecule has 0 aliphatic rings. The number of benzene rings is 1. The number of alkyl halides is 3. The van der Waals surface area contributed by atoms with E-state index in [4.69, 9.17) is 0 Å². The standard InChI is InChI=1S/C13H17F3N2O/c1-18(8-7-11-5-3-2-4-6-11)12(19)9-17-10-13(14,15)16/h2-6,17H,7-10H2,1H3. The van der Waals surface area contributed by atoms with Crippen LogP contribution in [-0.4, -0.2) is 43.7 Å². The molecule has 19 heavy (non-hydrogen) atoms. The quantitative estimate of drug-likeness (QED) is 0.858. The molecule has 6 heteroatoms. The van der Waals surface area contributed by atoms with Crippen molar-refractivity contribution in [3.63, 3.8) is 0 Å². The van der Waals surface area contributed by atoms with Crippen LogP contribution in [0, 0.1) is 0 Å². The lowest BCUT2D eigenvalue weighted by Gasteiger charge is -2.18. The number of carbonyl (C=O) groups is 1. The highest BCUT2D eigenvalue weighted by Gasteiger charge is 2.26. The minimum Gasteiger partial charge on any atom is -0.344 e. The van der Waals surface area contributed by atoms with Crippen LogP contribution >= 0.6 is 0 Å². The molecular weight excluding hydrogens is 257 g/mol. The first-order chi connectivity index (χ1) is 8.88. The van der Waals surface area contributed by atoms with Gasteiger partial charge in [-0.1, -0.05) is 30.3 Å². The van der Waals surface area contributed by atoms with Crippen LogP contribution in [0.5, 0.6) is 0 Å². The summed E-state index contributed by atoms with van der Waals surface area (Å²) < 4.78 is 35.7. The first-order valence-electron chi connectivity index (χ1n) is 5.94. The molecule has 3 nitrogen and oxygen atoms in total. The summed E-state index contributed by atoms with van der Waals surface area (Å²) in [7, 11) is 1.58. The van der Waals surface area contributed by atoms with Crippen molar-refractivity contribution in [3.05, 3.63) is 35.9 Å². The maximum atomic E-state index is 11.9. The second-order valence-corrected chi connectivity index (χ2v) is 4.27. The third kappa shape index (κ3) is 6.81. The average Bonchev–Trinajstić information content (AvgIpc) is 2.35. The summed E-state index contributed by atoms with van der Waals surface area (Å²) in [4.78, 5) is 13.0. The van der Waals surface area contributed by atoms with E-state index in [-0.39, 0.29) is 12.5 Å². The lowest BCUT2D eigenvalue weighted by atomic mass is 10.1. The predicted octanol–water partition coefficient (Wildman–Crippen LogP) is 1.84. The molecule has 0 heterocycles. The normalized spacial score (nSPS) is 11.4. The highest BCUT2D eigenvalue weighted by Crippen LogP contribution is 2.11. The van der Waals surface area contributed by atoms with Gasteiger partial charge in [0.15, 0.2) is 0 Å². The Hall–Kier alpha value is -1.56. The molecule has 0 spiro atoms. The lowest BCUT2D eigenvalue weighted by Crippen LogP contribution is -2.39. The highest BCUT2D eigenvalue weighted by molar-refractivity contribution is 5.77. The Morgan fingerprint density at radius 1 is 1.26 bits per heavy atom. The van der Waals surface area contributed by atoms with E-state index < -0.39 is 12.7 Å². The molecule has 1 amide bonds. The van der Waals surface area contributed by atoms with E-state index in [1.807, 2.05) is 30.3 Å². The Labute approximate surface area is 110 Å². The van der Waals surface area contributed by atoms with Crippen LogP contribution in [0.15, 0.2) is 30.3 Å². The van der Waals surface area contributed by atoms with Gasteiger partial charge in [-0.25, -0.2) is 0 Å². The Morgan fingerprint density at radius 2 is 1.89 bits per heavy atom. The van der Waals surface area contributed by atoms with E-state index in [9.17, 15) is 18.0 Å². The van der Waals surface area contributed by atoms with Crippen LogP contribution < -0.4 is 5.32 Å². The number of rotatable bonds is 6. The summed E-state index contributed by atoms with van der Waals surface area (Å²) in [5.74, 6) is -0.347. The molecule has 1 aromatic carbocycles. The molecule has 0 saturated carbocycles. The molecule has 0 aromatic heterocycles. The van der Waals surface area contributed by atoms with Crippen LogP contribution in [0.2, 0.25) is 0 Å². The third-order valence-electron chi connectivity index (χ3n) is 2.61. The van der Waals surface area contributed by atoms with Crippen LogP contribution in [0.25, 0.3) is 0 Å². The van der Waals surface area contributed by atoms with Gasteiger partial charge < -0.3 is 10.2 Å². The van der Waals surface area contributed by atoms with E-state index in [0.717, 1.165) is 5.56 Å². The van der Waals surface area contributed by atoms with Crippen molar-refractivity contribution >= 4 is 5.91 Å². The van der Waals surface area contributed by atoms with Gasteiger partial charge in [0.1, 0.15) is 0 Å². The molecule has 1 N–H and O–H groups in total. The minimum absolute atomic E-state index is 0.301. The topological polar surface area (TPSA) is 32.3 Å². The average molecular weight is 274 g/mol. The summed E-state index contributed by atoms with van der Waals surface area (Å²) >= 11 is 0. The fourth-order valence-corrected chi connectivity index (χ4v) is 1.51. The molecule has 0 unspecified atom stereocenters. The molecule has 0 atom stereocenters. The van der Waals surface area contributed by atoms with E-state index in [1.54, 1.807) is 7.05 Å². The van der Waals surface area contributed by atoms with Crippen molar-refractivity contribution in [2.24, 2.45) is 0 Å². The molecule has 0 aliphatic carbocycles.